The van der Waals surface area contributed by atoms with Gasteiger partial charge in [0.15, 0.2) is 5.82 Å². The van der Waals surface area contributed by atoms with Crippen LogP contribution in [0.4, 0.5) is 11.4 Å². The number of aromatic nitrogens is 3. The number of thiophene rings is 1. The zero-order valence-corrected chi connectivity index (χ0v) is 26.0. The average Bonchev–Trinajstić information content (AvgIpc) is 3.78. The van der Waals surface area contributed by atoms with Gasteiger partial charge >= 0.3 is 6.98 Å². The number of fused-ring (bicyclic) bond motifs is 10. The van der Waals surface area contributed by atoms with E-state index >= 15 is 0 Å². The molecule has 45 heavy (non-hydrogen) atoms. The average molecular weight is 598 g/mol. The molecule has 1 aliphatic heterocycles. The number of rotatable bonds is 2. The van der Waals surface area contributed by atoms with E-state index < -0.39 is 0 Å². The number of hydrogen-bond donors (Lipinski definition) is 0. The maximum Gasteiger partial charge on any atom is 0.371 e. The lowest BCUT2D eigenvalue weighted by Gasteiger charge is -2.18. The normalized spacial score (nSPS) is 13.5. The quantitative estimate of drug-likeness (QED) is 0.186. The van der Waals surface area contributed by atoms with Gasteiger partial charge in [0.25, 0.3) is 0 Å². The molecule has 10 rings (SSSR count). The highest BCUT2D eigenvalue weighted by Crippen LogP contribution is 2.45. The first-order valence-electron chi connectivity index (χ1n) is 15.4. The second kappa shape index (κ2) is 8.90. The molecule has 0 N–H and O–H groups in total. The van der Waals surface area contributed by atoms with E-state index in [-0.39, 0.29) is 0 Å². The highest BCUT2D eigenvalue weighted by molar-refractivity contribution is 7.26. The molecule has 0 aliphatic carbocycles. The fourth-order valence-corrected chi connectivity index (χ4v) is 8.78. The predicted octanol–water partition coefficient (Wildman–Crippen LogP) is 9.65. The second-order valence-electron chi connectivity index (χ2n) is 12.2. The summed E-state index contributed by atoms with van der Waals surface area (Å²) < 4.78 is 7.25. The Kier molecular flexibility index (Phi) is 4.96. The van der Waals surface area contributed by atoms with E-state index in [9.17, 15) is 0 Å². The van der Waals surface area contributed by atoms with Gasteiger partial charge in [-0.15, -0.1) is 11.3 Å². The molecule has 5 nitrogen and oxygen atoms in total. The largest absolute Gasteiger partial charge is 0.397 e. The van der Waals surface area contributed by atoms with Crippen molar-refractivity contribution in [3.05, 3.63) is 115 Å². The summed E-state index contributed by atoms with van der Waals surface area (Å²) in [5.41, 5.74) is 8.51. The first-order valence-corrected chi connectivity index (χ1v) is 16.2. The number of anilines is 2. The zero-order chi connectivity index (χ0) is 30.0. The van der Waals surface area contributed by atoms with Crippen molar-refractivity contribution < 1.29 is 0 Å². The highest BCUT2D eigenvalue weighted by Gasteiger charge is 2.33. The first-order chi connectivity index (χ1) is 22.1. The summed E-state index contributed by atoms with van der Waals surface area (Å²) in [5, 5.41) is 7.56. The van der Waals surface area contributed by atoms with Gasteiger partial charge in [0.05, 0.1) is 32.5 Å². The molecular weight excluding hydrogens is 569 g/mol. The number of pyridine rings is 1. The Morgan fingerprint density at radius 2 is 1.16 bits per heavy atom. The van der Waals surface area contributed by atoms with E-state index in [2.05, 4.69) is 149 Å². The Labute approximate surface area is 264 Å². The van der Waals surface area contributed by atoms with Crippen LogP contribution in [0.3, 0.4) is 0 Å². The van der Waals surface area contributed by atoms with E-state index in [1.807, 2.05) is 17.5 Å². The summed E-state index contributed by atoms with van der Waals surface area (Å²) in [6.45, 7) is 2.56. The lowest BCUT2D eigenvalue weighted by Crippen LogP contribution is -2.41. The Bertz CT molecular complexity index is 2630. The van der Waals surface area contributed by atoms with Crippen LogP contribution in [0.15, 0.2) is 115 Å². The molecule has 0 saturated carbocycles. The van der Waals surface area contributed by atoms with Crippen molar-refractivity contribution in [2.24, 2.45) is 0 Å². The third-order valence-corrected chi connectivity index (χ3v) is 11.2. The molecule has 0 radical (unpaired) electrons. The van der Waals surface area contributed by atoms with Crippen LogP contribution in [0, 0.1) is 0 Å². The summed E-state index contributed by atoms with van der Waals surface area (Å²) in [6.07, 6.45) is 1.98. The van der Waals surface area contributed by atoms with Gasteiger partial charge in [-0.1, -0.05) is 54.6 Å². The third-order valence-electron chi connectivity index (χ3n) is 10.1. The molecule has 0 spiro atoms. The van der Waals surface area contributed by atoms with E-state index in [0.29, 0.717) is 6.98 Å². The molecule has 0 saturated heterocycles. The minimum atomic E-state index is 0.305. The minimum Gasteiger partial charge on any atom is -0.397 e. The lowest BCUT2D eigenvalue weighted by atomic mass is 9.78. The monoisotopic (exact) mass is 597 g/mol. The molecule has 5 aromatic carbocycles. The van der Waals surface area contributed by atoms with Gasteiger partial charge in [0, 0.05) is 54.6 Å². The summed E-state index contributed by atoms with van der Waals surface area (Å²) in [7, 11) is 4.37. The van der Waals surface area contributed by atoms with Crippen molar-refractivity contribution in [3.8, 4) is 11.5 Å². The zero-order valence-electron chi connectivity index (χ0n) is 25.2. The summed E-state index contributed by atoms with van der Waals surface area (Å²) in [5.74, 6) is 0.986. The fourth-order valence-electron chi connectivity index (χ4n) is 7.62. The smallest absolute Gasteiger partial charge is 0.371 e. The van der Waals surface area contributed by atoms with Crippen LogP contribution in [0.2, 0.25) is 6.82 Å². The minimum absolute atomic E-state index is 0.305. The summed E-state index contributed by atoms with van der Waals surface area (Å²) in [6, 6.07) is 40.0. The van der Waals surface area contributed by atoms with E-state index in [0.717, 1.165) is 5.82 Å². The molecular formula is C38H28BN5S. The van der Waals surface area contributed by atoms with Crippen molar-refractivity contribution in [2.75, 3.05) is 23.7 Å². The van der Waals surface area contributed by atoms with Crippen molar-refractivity contribution in [1.29, 1.82) is 0 Å². The Balaban J connectivity index is 1.25. The maximum atomic E-state index is 5.09. The van der Waals surface area contributed by atoms with E-state index in [1.165, 1.54) is 80.8 Å². The Morgan fingerprint density at radius 1 is 0.556 bits per heavy atom. The molecule has 4 aromatic heterocycles. The van der Waals surface area contributed by atoms with Gasteiger partial charge in [-0.2, -0.15) is 0 Å². The fraction of sp³-hybridized carbons (Fsp3) is 0.0789. The van der Waals surface area contributed by atoms with Gasteiger partial charge in [-0.3, -0.25) is 4.57 Å². The van der Waals surface area contributed by atoms with Gasteiger partial charge in [0.2, 0.25) is 0 Å². The second-order valence-corrected chi connectivity index (χ2v) is 13.3. The van der Waals surface area contributed by atoms with Gasteiger partial charge < -0.3 is 14.2 Å². The van der Waals surface area contributed by atoms with E-state index in [4.69, 9.17) is 4.98 Å². The van der Waals surface area contributed by atoms with Crippen molar-refractivity contribution in [1.82, 2.24) is 14.1 Å². The Hall–Kier alpha value is -5.27. The van der Waals surface area contributed by atoms with Crippen molar-refractivity contribution in [2.45, 2.75) is 6.82 Å². The standard InChI is InChI=1S/C38H28BN5S/c1-39-41(2)34-21-28-26-12-6-9-15-32(26)44(33(28)22-35(34)42(39)3)38-37-27(18-19-40-38)29-20-23(16-17-36(29)45-37)43-30-13-7-4-10-24(30)25-11-5-8-14-31(25)43/h4-22H,1-3H3. The van der Waals surface area contributed by atoms with Gasteiger partial charge in [-0.25, -0.2) is 4.98 Å². The first kappa shape index (κ1) is 25.1. The van der Waals surface area contributed by atoms with Crippen LogP contribution in [0.25, 0.3) is 75.3 Å². The molecule has 1 aliphatic rings. The maximum absolute atomic E-state index is 5.09. The molecule has 214 valence electrons. The van der Waals surface area contributed by atoms with Crippen LogP contribution in [0.5, 0.6) is 0 Å². The summed E-state index contributed by atoms with van der Waals surface area (Å²) >= 11 is 1.83. The molecule has 0 amide bonds. The predicted molar refractivity (Wildman–Crippen MR) is 194 cm³/mol. The molecule has 0 bridgehead atoms. The number of para-hydroxylation sites is 3. The molecule has 0 unspecified atom stereocenters. The lowest BCUT2D eigenvalue weighted by molar-refractivity contribution is 1.10. The van der Waals surface area contributed by atoms with Crippen molar-refractivity contribution in [3.63, 3.8) is 0 Å². The van der Waals surface area contributed by atoms with Gasteiger partial charge in [0.1, 0.15) is 0 Å². The molecule has 0 atom stereocenters. The third kappa shape index (κ3) is 3.25. The van der Waals surface area contributed by atoms with Crippen LogP contribution in [-0.2, 0) is 0 Å². The summed E-state index contributed by atoms with van der Waals surface area (Å²) in [4.78, 5) is 9.81. The van der Waals surface area contributed by atoms with Crippen LogP contribution in [-0.4, -0.2) is 35.2 Å². The van der Waals surface area contributed by atoms with Crippen LogP contribution in [0.1, 0.15) is 0 Å². The molecule has 0 fully saturated rings. The van der Waals surface area contributed by atoms with Crippen LogP contribution < -0.4 is 9.62 Å². The molecule has 7 heteroatoms. The number of hydrogen-bond acceptors (Lipinski definition) is 4. The number of benzene rings is 5. The number of nitrogens with zero attached hydrogens (tertiary/aromatic N) is 5. The molecule has 5 heterocycles. The SMILES string of the molecule is CB1N(C)c2cc3c4ccccc4n(-c4nccc5c4sc4ccc(-n6c7ccccc7c7ccccc76)cc45)c3cc2N1C. The highest BCUT2D eigenvalue weighted by atomic mass is 32.1. The van der Waals surface area contributed by atoms with Crippen LogP contribution >= 0.6 is 11.3 Å². The Morgan fingerprint density at radius 3 is 1.84 bits per heavy atom. The topological polar surface area (TPSA) is 29.2 Å². The molecule has 9 aromatic rings. The van der Waals surface area contributed by atoms with Crippen molar-refractivity contribution >= 4 is 93.5 Å². The van der Waals surface area contributed by atoms with E-state index in [1.54, 1.807) is 0 Å². The van der Waals surface area contributed by atoms with Gasteiger partial charge in [-0.05, 0) is 75.5 Å².